The molecule has 0 atom stereocenters. The van der Waals surface area contributed by atoms with E-state index in [-0.39, 0.29) is 5.91 Å². The Kier molecular flexibility index (Phi) is 4.76. The number of nitrogens with zero attached hydrogens (tertiary/aromatic N) is 2. The predicted octanol–water partition coefficient (Wildman–Crippen LogP) is 3.64. The highest BCUT2D eigenvalue weighted by Gasteiger charge is 2.14. The number of methoxy groups -OCH3 is 1. The van der Waals surface area contributed by atoms with Gasteiger partial charge in [-0.25, -0.2) is 5.06 Å². The van der Waals surface area contributed by atoms with Crippen LogP contribution in [0.25, 0.3) is 10.9 Å². The molecule has 1 heterocycles. The van der Waals surface area contributed by atoms with Crippen LogP contribution in [0.5, 0.6) is 5.75 Å². The molecule has 5 heteroatoms. The van der Waals surface area contributed by atoms with E-state index in [4.69, 9.17) is 9.57 Å². The zero-order valence-corrected chi connectivity index (χ0v) is 14.9. The summed E-state index contributed by atoms with van der Waals surface area (Å²) in [6.45, 7) is 2.81. The van der Waals surface area contributed by atoms with E-state index in [9.17, 15) is 4.79 Å². The number of aromatic nitrogens is 1. The molecule has 0 aliphatic rings. The summed E-state index contributed by atoms with van der Waals surface area (Å²) >= 11 is 0. The van der Waals surface area contributed by atoms with Gasteiger partial charge in [-0.3, -0.25) is 9.63 Å². The highest BCUT2D eigenvalue weighted by atomic mass is 16.7. The fourth-order valence-electron chi connectivity index (χ4n) is 2.93. The molecule has 1 amide bonds. The van der Waals surface area contributed by atoms with Crippen LogP contribution < -0.4 is 4.74 Å². The molecule has 0 spiro atoms. The van der Waals surface area contributed by atoms with Gasteiger partial charge in [0, 0.05) is 36.3 Å². The lowest BCUT2D eigenvalue weighted by atomic mass is 10.1. The summed E-state index contributed by atoms with van der Waals surface area (Å²) in [5.41, 5.74) is 3.99. The van der Waals surface area contributed by atoms with Crippen LogP contribution in [0.15, 0.2) is 48.7 Å². The third-order valence-electron chi connectivity index (χ3n) is 4.40. The van der Waals surface area contributed by atoms with Crippen LogP contribution in [0.4, 0.5) is 0 Å². The first-order chi connectivity index (χ1) is 12.0. The number of carbonyl (C=O) groups excluding carboxylic acids is 1. The van der Waals surface area contributed by atoms with Crippen LogP contribution >= 0.6 is 0 Å². The number of amides is 1. The fourth-order valence-corrected chi connectivity index (χ4v) is 2.93. The SMILES string of the molecule is COc1ccc(Cn2cc(C)c3ccc(C(=O)N(C)OC)cc32)cc1. The van der Waals surface area contributed by atoms with Crippen molar-refractivity contribution in [2.45, 2.75) is 13.5 Å². The summed E-state index contributed by atoms with van der Waals surface area (Å²) in [7, 11) is 4.74. The monoisotopic (exact) mass is 338 g/mol. The molecule has 2 aromatic carbocycles. The van der Waals surface area contributed by atoms with E-state index < -0.39 is 0 Å². The predicted molar refractivity (Wildman–Crippen MR) is 97.9 cm³/mol. The van der Waals surface area contributed by atoms with Crippen molar-refractivity contribution in [1.82, 2.24) is 9.63 Å². The van der Waals surface area contributed by atoms with Gasteiger partial charge < -0.3 is 9.30 Å². The number of hydroxylamine groups is 2. The third kappa shape index (κ3) is 3.37. The van der Waals surface area contributed by atoms with Gasteiger partial charge in [-0.2, -0.15) is 0 Å². The van der Waals surface area contributed by atoms with E-state index in [2.05, 4.69) is 17.7 Å². The van der Waals surface area contributed by atoms with Crippen molar-refractivity contribution in [2.75, 3.05) is 21.3 Å². The van der Waals surface area contributed by atoms with Gasteiger partial charge in [0.1, 0.15) is 5.75 Å². The topological polar surface area (TPSA) is 43.7 Å². The first-order valence-electron chi connectivity index (χ1n) is 8.08. The molecular formula is C20H22N2O3. The number of carbonyl (C=O) groups is 1. The second kappa shape index (κ2) is 6.99. The Morgan fingerprint density at radius 1 is 1.12 bits per heavy atom. The Balaban J connectivity index is 1.98. The molecule has 0 aliphatic carbocycles. The van der Waals surface area contributed by atoms with E-state index in [1.54, 1.807) is 14.2 Å². The summed E-state index contributed by atoms with van der Waals surface area (Å²) < 4.78 is 7.37. The molecule has 1 aromatic heterocycles. The van der Waals surface area contributed by atoms with Crippen molar-refractivity contribution in [2.24, 2.45) is 0 Å². The number of aryl methyl sites for hydroxylation is 1. The second-order valence-corrected chi connectivity index (χ2v) is 6.01. The van der Waals surface area contributed by atoms with E-state index in [0.29, 0.717) is 5.56 Å². The van der Waals surface area contributed by atoms with Crippen LogP contribution in [0.2, 0.25) is 0 Å². The van der Waals surface area contributed by atoms with Crippen molar-refractivity contribution in [3.63, 3.8) is 0 Å². The van der Waals surface area contributed by atoms with Crippen molar-refractivity contribution < 1.29 is 14.4 Å². The average molecular weight is 338 g/mol. The van der Waals surface area contributed by atoms with Gasteiger partial charge in [-0.15, -0.1) is 0 Å². The Bertz CT molecular complexity index is 897. The first-order valence-corrected chi connectivity index (χ1v) is 8.08. The fraction of sp³-hybridized carbons (Fsp3) is 0.250. The largest absolute Gasteiger partial charge is 0.497 e. The van der Waals surface area contributed by atoms with Crippen LogP contribution in [0.1, 0.15) is 21.5 Å². The summed E-state index contributed by atoms with van der Waals surface area (Å²) in [4.78, 5) is 17.3. The lowest BCUT2D eigenvalue weighted by Gasteiger charge is -2.14. The number of benzene rings is 2. The highest BCUT2D eigenvalue weighted by molar-refractivity contribution is 5.98. The normalized spacial score (nSPS) is 10.9. The average Bonchev–Trinajstić information content (AvgIpc) is 2.96. The molecule has 0 fully saturated rings. The lowest BCUT2D eigenvalue weighted by Crippen LogP contribution is -2.25. The zero-order valence-electron chi connectivity index (χ0n) is 14.9. The Morgan fingerprint density at radius 2 is 1.84 bits per heavy atom. The summed E-state index contributed by atoms with van der Waals surface area (Å²) in [5, 5.41) is 2.37. The Morgan fingerprint density at radius 3 is 2.48 bits per heavy atom. The Hall–Kier alpha value is -2.79. The molecule has 3 aromatic rings. The van der Waals surface area contributed by atoms with Gasteiger partial charge >= 0.3 is 0 Å². The smallest absolute Gasteiger partial charge is 0.277 e. The number of ether oxygens (including phenoxy) is 1. The number of hydrogen-bond donors (Lipinski definition) is 0. The first kappa shape index (κ1) is 17.0. The molecule has 25 heavy (non-hydrogen) atoms. The molecule has 0 radical (unpaired) electrons. The third-order valence-corrected chi connectivity index (χ3v) is 4.40. The van der Waals surface area contributed by atoms with E-state index in [0.717, 1.165) is 23.2 Å². The van der Waals surface area contributed by atoms with E-state index in [1.807, 2.05) is 42.5 Å². The van der Waals surface area contributed by atoms with Gasteiger partial charge in [0.15, 0.2) is 0 Å². The minimum absolute atomic E-state index is 0.167. The molecule has 5 nitrogen and oxygen atoms in total. The molecular weight excluding hydrogens is 316 g/mol. The lowest BCUT2D eigenvalue weighted by molar-refractivity contribution is -0.0756. The van der Waals surface area contributed by atoms with Crippen molar-refractivity contribution >= 4 is 16.8 Å². The highest BCUT2D eigenvalue weighted by Crippen LogP contribution is 2.24. The summed E-state index contributed by atoms with van der Waals surface area (Å²) in [6.07, 6.45) is 2.11. The van der Waals surface area contributed by atoms with Crippen LogP contribution in [0.3, 0.4) is 0 Å². The molecule has 0 unspecified atom stereocenters. The van der Waals surface area contributed by atoms with Gasteiger partial charge in [0.05, 0.1) is 14.2 Å². The number of fused-ring (bicyclic) bond motifs is 1. The molecule has 0 saturated heterocycles. The molecule has 0 N–H and O–H groups in total. The summed E-state index contributed by atoms with van der Waals surface area (Å²) in [5.74, 6) is 0.673. The van der Waals surface area contributed by atoms with E-state index >= 15 is 0 Å². The Labute approximate surface area is 147 Å². The van der Waals surface area contributed by atoms with Gasteiger partial charge in [-0.05, 0) is 42.3 Å². The maximum absolute atomic E-state index is 12.3. The van der Waals surface area contributed by atoms with Gasteiger partial charge in [0.2, 0.25) is 0 Å². The number of rotatable bonds is 5. The van der Waals surface area contributed by atoms with Crippen LogP contribution in [-0.2, 0) is 11.4 Å². The minimum Gasteiger partial charge on any atom is -0.497 e. The maximum Gasteiger partial charge on any atom is 0.277 e. The van der Waals surface area contributed by atoms with Crippen LogP contribution in [-0.4, -0.2) is 36.8 Å². The van der Waals surface area contributed by atoms with Gasteiger partial charge in [0.25, 0.3) is 5.91 Å². The maximum atomic E-state index is 12.3. The molecule has 0 bridgehead atoms. The standard InChI is InChI=1S/C20H22N2O3/c1-14-12-22(13-15-5-8-17(24-3)9-6-15)19-11-16(7-10-18(14)19)20(23)21(2)25-4/h5-12H,13H2,1-4H3. The number of hydrogen-bond acceptors (Lipinski definition) is 3. The molecule has 0 saturated carbocycles. The van der Waals surface area contributed by atoms with E-state index in [1.165, 1.54) is 23.3 Å². The van der Waals surface area contributed by atoms with Crippen molar-refractivity contribution in [3.05, 3.63) is 65.4 Å². The second-order valence-electron chi connectivity index (χ2n) is 6.01. The van der Waals surface area contributed by atoms with Crippen LogP contribution in [0, 0.1) is 6.92 Å². The van der Waals surface area contributed by atoms with Crippen molar-refractivity contribution in [1.29, 1.82) is 0 Å². The summed E-state index contributed by atoms with van der Waals surface area (Å²) in [6, 6.07) is 13.8. The molecule has 3 rings (SSSR count). The van der Waals surface area contributed by atoms with Gasteiger partial charge in [-0.1, -0.05) is 18.2 Å². The molecule has 130 valence electrons. The minimum atomic E-state index is -0.167. The quantitative estimate of drug-likeness (QED) is 0.667. The zero-order chi connectivity index (χ0) is 18.0. The van der Waals surface area contributed by atoms with Crippen molar-refractivity contribution in [3.8, 4) is 5.75 Å². The molecule has 0 aliphatic heterocycles.